The van der Waals surface area contributed by atoms with Crippen molar-refractivity contribution in [3.05, 3.63) is 52.7 Å². The Morgan fingerprint density at radius 1 is 1.32 bits per heavy atom. The van der Waals surface area contributed by atoms with E-state index in [1.54, 1.807) is 12.1 Å². The monoisotopic (exact) mass is 300 g/mol. The van der Waals surface area contributed by atoms with Crippen molar-refractivity contribution >= 4 is 11.9 Å². The molecule has 0 aliphatic carbocycles. The molecule has 0 aromatic carbocycles. The van der Waals surface area contributed by atoms with Crippen LogP contribution in [-0.2, 0) is 11.2 Å². The van der Waals surface area contributed by atoms with E-state index in [1.807, 2.05) is 19.9 Å². The van der Waals surface area contributed by atoms with Gasteiger partial charge in [0.25, 0.3) is 5.91 Å². The minimum absolute atomic E-state index is 0.265. The minimum atomic E-state index is -1.07. The molecule has 2 aromatic rings. The Morgan fingerprint density at radius 2 is 2.09 bits per heavy atom. The van der Waals surface area contributed by atoms with Crippen LogP contribution in [0.25, 0.3) is 0 Å². The topological polar surface area (TPSA) is 83.6 Å². The van der Waals surface area contributed by atoms with Crippen LogP contribution < -0.4 is 0 Å². The molecule has 114 valence electrons. The zero-order valence-electron chi connectivity index (χ0n) is 12.4. The van der Waals surface area contributed by atoms with Crippen LogP contribution in [0.2, 0.25) is 0 Å². The first-order valence-corrected chi connectivity index (χ1v) is 7.03. The van der Waals surface area contributed by atoms with E-state index in [4.69, 9.17) is 4.42 Å². The summed E-state index contributed by atoms with van der Waals surface area (Å²) in [6, 6.07) is 4.03. The van der Waals surface area contributed by atoms with Gasteiger partial charge in [0, 0.05) is 24.2 Å². The molecule has 0 bridgehead atoms. The Kier molecular flexibility index (Phi) is 3.44. The lowest BCUT2D eigenvalue weighted by atomic mass is 9.99. The number of hydrogen-bond acceptors (Lipinski definition) is 4. The van der Waals surface area contributed by atoms with Crippen LogP contribution in [0.15, 0.2) is 28.9 Å². The fourth-order valence-electron chi connectivity index (χ4n) is 2.70. The highest BCUT2D eigenvalue weighted by Crippen LogP contribution is 2.31. The molecular formula is C16H16N2O4. The van der Waals surface area contributed by atoms with E-state index in [9.17, 15) is 14.7 Å². The lowest BCUT2D eigenvalue weighted by Gasteiger charge is -2.32. The van der Waals surface area contributed by atoms with E-state index >= 15 is 0 Å². The highest BCUT2D eigenvalue weighted by atomic mass is 16.4. The van der Waals surface area contributed by atoms with Gasteiger partial charge >= 0.3 is 5.97 Å². The number of hydrogen-bond donors (Lipinski definition) is 1. The number of carboxylic acid groups (broad SMARTS) is 1. The second kappa shape index (κ2) is 5.29. The maximum atomic E-state index is 12.7. The molecule has 22 heavy (non-hydrogen) atoms. The number of nitrogens with zero attached hydrogens (tertiary/aromatic N) is 2. The van der Waals surface area contributed by atoms with Crippen LogP contribution in [-0.4, -0.2) is 33.4 Å². The van der Waals surface area contributed by atoms with Gasteiger partial charge in [0.1, 0.15) is 11.5 Å². The van der Waals surface area contributed by atoms with Crippen LogP contribution in [0.3, 0.4) is 0 Å². The molecule has 0 saturated carbocycles. The van der Waals surface area contributed by atoms with Gasteiger partial charge in [-0.2, -0.15) is 0 Å². The van der Waals surface area contributed by atoms with Gasteiger partial charge in [0.15, 0.2) is 6.04 Å². The number of aromatic nitrogens is 1. The lowest BCUT2D eigenvalue weighted by molar-refractivity contribution is -0.143. The highest BCUT2D eigenvalue weighted by molar-refractivity contribution is 5.95. The fourth-order valence-corrected chi connectivity index (χ4v) is 2.70. The molecule has 1 N–H and O–H groups in total. The Hall–Kier alpha value is -2.63. The molecule has 1 unspecified atom stereocenters. The molecule has 2 aromatic heterocycles. The molecule has 0 fully saturated rings. The number of amides is 1. The standard InChI is InChI=1S/C16H16N2O4/c1-9-3-4-12(17-10(9)2)15(19)18-7-5-13-11(6-8-22-13)14(18)16(20)21/h3-4,6,8,14H,5,7H2,1-2H3,(H,20,21). The average Bonchev–Trinajstić information content (AvgIpc) is 2.96. The van der Waals surface area contributed by atoms with Crippen molar-refractivity contribution in [1.29, 1.82) is 0 Å². The molecule has 6 nitrogen and oxygen atoms in total. The normalized spacial score (nSPS) is 17.2. The first-order valence-electron chi connectivity index (χ1n) is 7.03. The molecule has 6 heteroatoms. The van der Waals surface area contributed by atoms with E-state index in [2.05, 4.69) is 4.98 Å². The summed E-state index contributed by atoms with van der Waals surface area (Å²) in [4.78, 5) is 29.9. The highest BCUT2D eigenvalue weighted by Gasteiger charge is 2.38. The summed E-state index contributed by atoms with van der Waals surface area (Å²) in [5.74, 6) is -0.814. The predicted octanol–water partition coefficient (Wildman–Crippen LogP) is 2.12. The second-order valence-electron chi connectivity index (χ2n) is 5.39. The summed E-state index contributed by atoms with van der Waals surface area (Å²) in [6.45, 7) is 4.03. The second-order valence-corrected chi connectivity index (χ2v) is 5.39. The number of carbonyl (C=O) groups excluding carboxylic acids is 1. The van der Waals surface area contributed by atoms with Crippen molar-refractivity contribution in [3.63, 3.8) is 0 Å². The lowest BCUT2D eigenvalue weighted by Crippen LogP contribution is -2.43. The maximum Gasteiger partial charge on any atom is 0.331 e. The summed E-state index contributed by atoms with van der Waals surface area (Å²) in [6.07, 6.45) is 1.96. The van der Waals surface area contributed by atoms with Gasteiger partial charge in [-0.3, -0.25) is 4.79 Å². The SMILES string of the molecule is Cc1ccc(C(=O)N2CCc3occc3C2C(=O)O)nc1C. The number of fused-ring (bicyclic) bond motifs is 1. The Morgan fingerprint density at radius 3 is 2.77 bits per heavy atom. The first-order chi connectivity index (χ1) is 10.5. The van der Waals surface area contributed by atoms with Gasteiger partial charge in [-0.25, -0.2) is 9.78 Å². The molecular weight excluding hydrogens is 284 g/mol. The minimum Gasteiger partial charge on any atom is -0.479 e. The first kappa shape index (κ1) is 14.3. The van der Waals surface area contributed by atoms with Crippen molar-refractivity contribution in [1.82, 2.24) is 9.88 Å². The fraction of sp³-hybridized carbons (Fsp3) is 0.312. The molecule has 3 rings (SSSR count). The van der Waals surface area contributed by atoms with E-state index in [0.29, 0.717) is 24.3 Å². The van der Waals surface area contributed by atoms with E-state index < -0.39 is 12.0 Å². The zero-order chi connectivity index (χ0) is 15.9. The summed E-state index contributed by atoms with van der Waals surface area (Å²) in [5, 5.41) is 9.51. The third kappa shape index (κ3) is 2.26. The van der Waals surface area contributed by atoms with Crippen LogP contribution >= 0.6 is 0 Å². The summed E-state index contributed by atoms with van der Waals surface area (Å²) in [5.41, 5.74) is 2.55. The Labute approximate surface area is 127 Å². The molecule has 0 spiro atoms. The van der Waals surface area contributed by atoms with Gasteiger partial charge in [0.05, 0.1) is 6.26 Å². The largest absolute Gasteiger partial charge is 0.479 e. The van der Waals surface area contributed by atoms with Crippen LogP contribution in [0.4, 0.5) is 0 Å². The van der Waals surface area contributed by atoms with E-state index in [1.165, 1.54) is 11.2 Å². The Bertz CT molecular complexity index is 750. The number of furan rings is 1. The van der Waals surface area contributed by atoms with Gasteiger partial charge < -0.3 is 14.4 Å². The van der Waals surface area contributed by atoms with Crippen molar-refractivity contribution in [3.8, 4) is 0 Å². The van der Waals surface area contributed by atoms with Crippen molar-refractivity contribution < 1.29 is 19.1 Å². The average molecular weight is 300 g/mol. The van der Waals surface area contributed by atoms with Crippen LogP contribution in [0.5, 0.6) is 0 Å². The van der Waals surface area contributed by atoms with Crippen molar-refractivity contribution in [2.45, 2.75) is 26.3 Å². The molecule has 1 atom stereocenters. The van der Waals surface area contributed by atoms with Gasteiger partial charge in [0.2, 0.25) is 0 Å². The number of aryl methyl sites for hydroxylation is 2. The van der Waals surface area contributed by atoms with E-state index in [0.717, 1.165) is 11.3 Å². The molecule has 1 amide bonds. The number of carbonyl (C=O) groups is 2. The number of aliphatic carboxylic acids is 1. The number of pyridine rings is 1. The molecule has 0 saturated heterocycles. The quantitative estimate of drug-likeness (QED) is 0.918. The van der Waals surface area contributed by atoms with Crippen molar-refractivity contribution in [2.75, 3.05) is 6.54 Å². The van der Waals surface area contributed by atoms with Crippen LogP contribution in [0, 0.1) is 13.8 Å². The third-order valence-electron chi connectivity index (χ3n) is 4.03. The summed E-state index contributed by atoms with van der Waals surface area (Å²) >= 11 is 0. The molecule has 1 aliphatic rings. The van der Waals surface area contributed by atoms with Crippen molar-refractivity contribution in [2.24, 2.45) is 0 Å². The molecule has 1 aliphatic heterocycles. The van der Waals surface area contributed by atoms with Gasteiger partial charge in [-0.05, 0) is 31.5 Å². The zero-order valence-corrected chi connectivity index (χ0v) is 12.4. The smallest absolute Gasteiger partial charge is 0.331 e. The molecule has 3 heterocycles. The number of rotatable bonds is 2. The Balaban J connectivity index is 1.98. The van der Waals surface area contributed by atoms with Gasteiger partial charge in [-0.1, -0.05) is 6.07 Å². The molecule has 0 radical (unpaired) electrons. The number of carboxylic acids is 1. The third-order valence-corrected chi connectivity index (χ3v) is 4.03. The predicted molar refractivity (Wildman–Crippen MR) is 77.5 cm³/mol. The van der Waals surface area contributed by atoms with Gasteiger partial charge in [-0.15, -0.1) is 0 Å². The maximum absolute atomic E-state index is 12.7. The summed E-state index contributed by atoms with van der Waals surface area (Å²) < 4.78 is 5.29. The van der Waals surface area contributed by atoms with E-state index in [-0.39, 0.29) is 11.6 Å². The van der Waals surface area contributed by atoms with Crippen LogP contribution in [0.1, 0.15) is 39.1 Å². The summed E-state index contributed by atoms with van der Waals surface area (Å²) in [7, 11) is 0.